The van der Waals surface area contributed by atoms with E-state index >= 15 is 0 Å². The Bertz CT molecular complexity index is 3020. The molecule has 7 heteroatoms. The van der Waals surface area contributed by atoms with Crippen molar-refractivity contribution in [3.8, 4) is 178 Å². The third kappa shape index (κ3) is 50.1. The van der Waals surface area contributed by atoms with Crippen LogP contribution in [0.2, 0.25) is 0 Å². The molecule has 0 aliphatic carbocycles. The molecule has 0 amide bonds. The van der Waals surface area contributed by atoms with Crippen LogP contribution in [0.25, 0.3) is 0 Å². The molecule has 0 aromatic rings. The van der Waals surface area contributed by atoms with Gasteiger partial charge in [-0.3, -0.25) is 4.90 Å². The van der Waals surface area contributed by atoms with Gasteiger partial charge in [-0.1, -0.05) is 81.6 Å². The average Bonchev–Trinajstić information content (AvgIpc) is 3.35. The lowest BCUT2D eigenvalue weighted by atomic mass is 10.1. The highest BCUT2D eigenvalue weighted by molar-refractivity contribution is 5.48. The van der Waals surface area contributed by atoms with Crippen molar-refractivity contribution in [3.05, 3.63) is 58.5 Å². The number of hydrogen-bond acceptors (Lipinski definition) is 7. The van der Waals surface area contributed by atoms with E-state index in [9.17, 15) is 15.3 Å². The van der Waals surface area contributed by atoms with Crippen molar-refractivity contribution in [2.24, 2.45) is 0 Å². The highest BCUT2D eigenvalue weighted by Crippen LogP contribution is 2.11. The van der Waals surface area contributed by atoms with Crippen molar-refractivity contribution in [2.75, 3.05) is 59.2 Å². The molecule has 0 aromatic carbocycles. The van der Waals surface area contributed by atoms with Gasteiger partial charge in [-0.2, -0.15) is 0 Å². The second kappa shape index (κ2) is 52.7. The van der Waals surface area contributed by atoms with Crippen LogP contribution in [0, 0.1) is 178 Å². The largest absolute Gasteiger partial charge is 0.392 e. The van der Waals surface area contributed by atoms with E-state index < -0.39 is 18.3 Å². The number of hydrogen-bond donors (Lipinski definition) is 4. The molecular formula is C63H52N2O5. The van der Waals surface area contributed by atoms with Gasteiger partial charge in [0.1, 0.15) is 6.10 Å². The van der Waals surface area contributed by atoms with Gasteiger partial charge in [0.15, 0.2) is 0 Å². The molecule has 3 unspecified atom stereocenters. The average molecular weight is 917 g/mol. The van der Waals surface area contributed by atoms with Gasteiger partial charge < -0.3 is 30.1 Å². The number of rotatable bonds is 25. The fourth-order valence-corrected chi connectivity index (χ4v) is 4.76. The summed E-state index contributed by atoms with van der Waals surface area (Å²) in [7, 11) is 0. The van der Waals surface area contributed by atoms with E-state index in [0.717, 1.165) is 12.8 Å². The molecule has 0 rings (SSSR count). The van der Waals surface area contributed by atoms with Crippen molar-refractivity contribution in [1.82, 2.24) is 10.2 Å². The van der Waals surface area contributed by atoms with Gasteiger partial charge in [-0.05, 0) is 155 Å². The molecule has 0 saturated heterocycles. The maximum Gasteiger partial charge on any atom is 0.128 e. The van der Waals surface area contributed by atoms with Crippen LogP contribution < -0.4 is 5.32 Å². The number of nitrogens with one attached hydrogen (secondary N) is 1. The van der Waals surface area contributed by atoms with E-state index in [-0.39, 0.29) is 13.1 Å². The van der Waals surface area contributed by atoms with Crippen LogP contribution in [0.15, 0.2) is 58.5 Å². The molecule has 0 radical (unpaired) electrons. The minimum atomic E-state index is -0.919. The zero-order valence-electron chi connectivity index (χ0n) is 39.8. The number of ether oxygens (including phenoxy) is 2. The Kier molecular flexibility index (Phi) is 46.0. The lowest BCUT2D eigenvalue weighted by Crippen LogP contribution is -2.39. The first kappa shape index (κ1) is 61.1. The zero-order chi connectivity index (χ0) is 50.7. The summed E-state index contributed by atoms with van der Waals surface area (Å²) in [6.45, 7) is 10.8. The Hall–Kier alpha value is -8.90. The molecular weight excluding hydrogens is 865 g/mol. The second-order valence-electron chi connectivity index (χ2n) is 13.3. The van der Waals surface area contributed by atoms with Gasteiger partial charge in [0, 0.05) is 104 Å². The van der Waals surface area contributed by atoms with Crippen molar-refractivity contribution in [1.29, 1.82) is 0 Å². The fourth-order valence-electron chi connectivity index (χ4n) is 4.76. The predicted octanol–water partition coefficient (Wildman–Crippen LogP) is 4.02. The fraction of sp³-hybridized carbons (Fsp3) is 0.365. The van der Waals surface area contributed by atoms with Crippen LogP contribution in [0.5, 0.6) is 0 Å². The number of unbranched alkanes of at least 4 members (excludes halogenated alkanes) is 7. The second-order valence-corrected chi connectivity index (χ2v) is 13.3. The van der Waals surface area contributed by atoms with Crippen LogP contribution in [0.3, 0.4) is 0 Å². The number of nitrogens with zero attached hydrogens (tertiary/aromatic N) is 1. The van der Waals surface area contributed by atoms with Crippen molar-refractivity contribution < 1.29 is 24.8 Å². The molecule has 0 saturated carbocycles. The molecule has 3 atom stereocenters. The van der Waals surface area contributed by atoms with E-state index in [1.807, 2.05) is 4.90 Å². The first-order valence-electron chi connectivity index (χ1n) is 22.2. The first-order valence-corrected chi connectivity index (χ1v) is 22.2. The maximum atomic E-state index is 10.8. The summed E-state index contributed by atoms with van der Waals surface area (Å²) < 4.78 is 11.4. The lowest BCUT2D eigenvalue weighted by molar-refractivity contribution is 0.0243. The normalized spacial score (nSPS) is 8.83. The third-order valence-electron chi connectivity index (χ3n) is 7.79. The van der Waals surface area contributed by atoms with Gasteiger partial charge in [0.2, 0.25) is 0 Å². The molecule has 0 fully saturated rings. The number of aliphatic hydroxyl groups is 3. The standard InChI is InChI=1S/C63H52N2O5/c1-4-7-10-13-16-19-20-21-22-23-24-25-26-27-28-29-30-31-32-33-34-35-36-37-38-39-42-43-46-49-61(66)58-64-52-54-69-56-57-70-55-53-65(59-62(67)50-47-44-40-17-14-11-8-5-2)60-63(68)51-48-45-41-18-15-12-9-6-3/h50,61-64,66-68H,2,6,9,12,15,18,41,45,48,51-60H2,1,3H3. The maximum absolute atomic E-state index is 10.8. The highest BCUT2D eigenvalue weighted by atomic mass is 16.5. The summed E-state index contributed by atoms with van der Waals surface area (Å²) in [5.74, 6) is 75.8. The van der Waals surface area contributed by atoms with Crippen LogP contribution in [-0.2, 0) is 9.47 Å². The summed E-state index contributed by atoms with van der Waals surface area (Å²) in [6.07, 6.45) is 9.52. The summed E-state index contributed by atoms with van der Waals surface area (Å²) >= 11 is 0. The Morgan fingerprint density at radius 3 is 1.41 bits per heavy atom. The molecule has 0 spiro atoms. The summed E-state index contributed by atoms with van der Waals surface area (Å²) in [5, 5.41) is 34.5. The quantitative estimate of drug-likeness (QED) is 0.0626. The predicted molar refractivity (Wildman–Crippen MR) is 277 cm³/mol. The van der Waals surface area contributed by atoms with Gasteiger partial charge in [0.25, 0.3) is 0 Å². The van der Waals surface area contributed by atoms with E-state index in [0.29, 0.717) is 52.5 Å². The molecule has 0 aromatic heterocycles. The minimum Gasteiger partial charge on any atom is -0.392 e. The topological polar surface area (TPSA) is 94.4 Å². The van der Waals surface area contributed by atoms with Crippen molar-refractivity contribution in [2.45, 2.75) is 89.9 Å². The van der Waals surface area contributed by atoms with Crippen LogP contribution >= 0.6 is 0 Å². The molecule has 4 N–H and O–H groups in total. The molecule has 0 heterocycles. The van der Waals surface area contributed by atoms with E-state index in [1.165, 1.54) is 44.6 Å². The highest BCUT2D eigenvalue weighted by Gasteiger charge is 2.15. The summed E-state index contributed by atoms with van der Waals surface area (Å²) in [4.78, 5) is 1.98. The van der Waals surface area contributed by atoms with E-state index in [1.54, 1.807) is 6.92 Å². The molecule has 0 aliphatic rings. The molecule has 344 valence electrons. The molecule has 0 aliphatic heterocycles. The Balaban J connectivity index is 4.57. The molecule has 0 bridgehead atoms. The van der Waals surface area contributed by atoms with Crippen LogP contribution in [-0.4, -0.2) is 97.7 Å². The van der Waals surface area contributed by atoms with Crippen LogP contribution in [0.4, 0.5) is 0 Å². The summed E-state index contributed by atoms with van der Waals surface area (Å²) in [6, 6.07) is 0. The van der Waals surface area contributed by atoms with E-state index in [4.69, 9.17) is 9.47 Å². The summed E-state index contributed by atoms with van der Waals surface area (Å²) in [5.41, 5.74) is 20.5. The SMILES string of the molecule is C=C=C=C=C=C=C=C=C=CC(O)CN(CCOCCOCCNCC(O)C#CC#CC#CC#CC#CC#CC#CC#CC#CC#CC#CC#CC#CC#CC#CC)CC(O)CCCCCCCCCC. The minimum absolute atomic E-state index is 0.237. The Morgan fingerprint density at radius 2 is 0.929 bits per heavy atom. The van der Waals surface area contributed by atoms with Gasteiger partial charge in [-0.25, -0.2) is 0 Å². The Morgan fingerprint density at radius 1 is 0.500 bits per heavy atom. The first-order chi connectivity index (χ1) is 34.5. The smallest absolute Gasteiger partial charge is 0.128 e. The Labute approximate surface area is 418 Å². The van der Waals surface area contributed by atoms with Gasteiger partial charge in [-0.15, -0.1) is 0 Å². The molecule has 70 heavy (non-hydrogen) atoms. The zero-order valence-corrected chi connectivity index (χ0v) is 39.8. The lowest BCUT2D eigenvalue weighted by Gasteiger charge is -2.26. The molecule has 7 nitrogen and oxygen atoms in total. The number of aliphatic hydroxyl groups excluding tert-OH is 3. The third-order valence-corrected chi connectivity index (χ3v) is 7.79. The van der Waals surface area contributed by atoms with Gasteiger partial charge >= 0.3 is 0 Å². The van der Waals surface area contributed by atoms with Crippen molar-refractivity contribution >= 4 is 0 Å². The van der Waals surface area contributed by atoms with E-state index in [2.05, 4.69) is 242 Å². The van der Waals surface area contributed by atoms with Gasteiger partial charge in [0.05, 0.1) is 38.6 Å². The van der Waals surface area contributed by atoms with Crippen molar-refractivity contribution in [3.63, 3.8) is 0 Å². The monoisotopic (exact) mass is 916 g/mol. The van der Waals surface area contributed by atoms with Crippen LogP contribution in [0.1, 0.15) is 71.6 Å².